The van der Waals surface area contributed by atoms with Gasteiger partial charge in [-0.25, -0.2) is 0 Å². The Kier molecular flexibility index (Phi) is 12.1. The normalized spacial score (nSPS) is 12.5. The van der Waals surface area contributed by atoms with Gasteiger partial charge in [0.25, 0.3) is 0 Å². The number of hydrogen-bond acceptors (Lipinski definition) is 5. The van der Waals surface area contributed by atoms with E-state index in [1.807, 2.05) is 77.3 Å². The largest absolute Gasteiger partial charge is 0.512 e. The number of furan rings is 1. The van der Waals surface area contributed by atoms with Crippen molar-refractivity contribution in [2.75, 3.05) is 0 Å². The monoisotopic (exact) mass is 839 g/mol. The number of allylic oxidation sites excluding steroid dienone is 2. The predicted molar refractivity (Wildman–Crippen MR) is 200 cm³/mol. The van der Waals surface area contributed by atoms with E-state index in [1.165, 1.54) is 31.8 Å². The number of nitrogens with zero attached hydrogens (tertiary/aromatic N) is 1. The number of thiophene rings is 1. The Morgan fingerprint density at radius 1 is 0.875 bits per heavy atom. The third-order valence-corrected chi connectivity index (χ3v) is 11.6. The molecule has 48 heavy (non-hydrogen) atoms. The molecule has 255 valence electrons. The molecule has 0 aliphatic heterocycles. The zero-order chi connectivity index (χ0) is 33.9. The molecule has 0 saturated heterocycles. The van der Waals surface area contributed by atoms with Crippen LogP contribution in [0.3, 0.4) is 0 Å². The molecular weight excluding hydrogens is 791 g/mol. The van der Waals surface area contributed by atoms with Gasteiger partial charge < -0.3 is 14.5 Å². The first kappa shape index (κ1) is 37.5. The van der Waals surface area contributed by atoms with Crippen LogP contribution in [0.2, 0.25) is 0 Å². The van der Waals surface area contributed by atoms with Crippen molar-refractivity contribution in [1.82, 2.24) is 4.98 Å². The van der Waals surface area contributed by atoms with Gasteiger partial charge in [0.2, 0.25) is 0 Å². The number of pyridine rings is 1. The van der Waals surface area contributed by atoms with Gasteiger partial charge in [0, 0.05) is 63.7 Å². The molecule has 6 heteroatoms. The van der Waals surface area contributed by atoms with Gasteiger partial charge in [-0.2, -0.15) is 0 Å². The van der Waals surface area contributed by atoms with Crippen LogP contribution in [0.5, 0.6) is 0 Å². The van der Waals surface area contributed by atoms with Gasteiger partial charge in [-0.3, -0.25) is 4.79 Å². The Bertz CT molecular complexity index is 2060. The number of aliphatic hydroxyl groups is 1. The molecule has 3 aromatic heterocycles. The molecule has 4 nitrogen and oxygen atoms in total. The smallest absolute Gasteiger partial charge is 0.164 e. The third kappa shape index (κ3) is 7.17. The first-order valence-corrected chi connectivity index (χ1v) is 17.9. The van der Waals surface area contributed by atoms with E-state index in [-0.39, 0.29) is 42.5 Å². The van der Waals surface area contributed by atoms with Gasteiger partial charge in [0.15, 0.2) is 5.78 Å². The number of para-hydroxylation sites is 1. The Hall–Kier alpha value is -3.31. The standard InChI is InChI=1S/C27H20NOS.C15H28O2.Ir/c1-16(2)15-17-7-5-10-20-21-13-14-28-24(27(21)30-26(17)20)22-11-6-9-19-18-8-3-4-12-23(18)29-25(19)22;1-7-14(5,8-2)12(16)11-13(17)15(6,9-3)10-4;/h3-10,12-14,16H,15H2,1-2H3;11,16H,7-10H2,1-6H3;/q-1;;/b;12-11-;. The SMILES string of the molecule is CC(C)Cc1cccc2c1sc1c(-c3[c-]ccc4c3oc3ccccc34)nccc12.CCC(C)(CC)C(=O)/C=C(\O)C(C)(CC)CC.[Ir]. The summed E-state index contributed by atoms with van der Waals surface area (Å²) in [4.78, 5) is 17.0. The number of carbonyl (C=O) groups is 1. The maximum Gasteiger partial charge on any atom is 0.164 e. The fraction of sp³-hybridized carbons (Fsp3) is 0.381. The van der Waals surface area contributed by atoms with Gasteiger partial charge in [-0.15, -0.1) is 29.5 Å². The van der Waals surface area contributed by atoms with E-state index >= 15 is 0 Å². The summed E-state index contributed by atoms with van der Waals surface area (Å²) in [7, 11) is 0. The van der Waals surface area contributed by atoms with Crippen LogP contribution in [0, 0.1) is 22.8 Å². The zero-order valence-electron chi connectivity index (χ0n) is 29.5. The quantitative estimate of drug-likeness (QED) is 0.0848. The number of benzene rings is 3. The molecule has 0 aliphatic carbocycles. The Morgan fingerprint density at radius 3 is 2.19 bits per heavy atom. The second kappa shape index (κ2) is 15.5. The zero-order valence-corrected chi connectivity index (χ0v) is 32.7. The summed E-state index contributed by atoms with van der Waals surface area (Å²) in [5.41, 5.74) is 4.46. The Balaban J connectivity index is 0.000000251. The van der Waals surface area contributed by atoms with Crippen LogP contribution in [-0.4, -0.2) is 15.9 Å². The molecule has 0 unspecified atom stereocenters. The first-order chi connectivity index (χ1) is 22.5. The van der Waals surface area contributed by atoms with Crippen molar-refractivity contribution in [2.45, 2.75) is 87.5 Å². The summed E-state index contributed by atoms with van der Waals surface area (Å²) < 4.78 is 8.84. The predicted octanol–water partition coefficient (Wildman–Crippen LogP) is 12.7. The van der Waals surface area contributed by atoms with E-state index in [9.17, 15) is 9.90 Å². The van der Waals surface area contributed by atoms with Crippen LogP contribution in [0.4, 0.5) is 0 Å². The first-order valence-electron chi connectivity index (χ1n) is 17.1. The minimum Gasteiger partial charge on any atom is -0.512 e. The fourth-order valence-electron chi connectivity index (χ4n) is 6.11. The number of aliphatic hydroxyl groups excluding tert-OH is 1. The van der Waals surface area contributed by atoms with Gasteiger partial charge in [-0.05, 0) is 66.5 Å². The van der Waals surface area contributed by atoms with Crippen LogP contribution in [0.15, 0.2) is 83.1 Å². The van der Waals surface area contributed by atoms with E-state index in [0.29, 0.717) is 5.92 Å². The summed E-state index contributed by atoms with van der Waals surface area (Å²) >= 11 is 1.84. The number of fused-ring (bicyclic) bond motifs is 6. The summed E-state index contributed by atoms with van der Waals surface area (Å²) in [6.45, 7) is 16.6. The topological polar surface area (TPSA) is 63.3 Å². The molecular formula is C42H48IrNO3S-. The van der Waals surface area contributed by atoms with Crippen molar-refractivity contribution < 1.29 is 34.4 Å². The third-order valence-electron chi connectivity index (χ3n) is 10.3. The summed E-state index contributed by atoms with van der Waals surface area (Å²) in [5, 5.41) is 14.9. The molecule has 1 radical (unpaired) electrons. The number of ketones is 1. The van der Waals surface area contributed by atoms with Gasteiger partial charge in [0.1, 0.15) is 11.3 Å². The van der Waals surface area contributed by atoms with Crippen LogP contribution in [-0.2, 0) is 31.3 Å². The number of hydrogen-bond donors (Lipinski definition) is 1. The van der Waals surface area contributed by atoms with Crippen LogP contribution < -0.4 is 0 Å². The number of aromatic nitrogens is 1. The van der Waals surface area contributed by atoms with Gasteiger partial charge in [0.05, 0.1) is 5.58 Å². The molecule has 0 amide bonds. The van der Waals surface area contributed by atoms with Crippen molar-refractivity contribution >= 4 is 59.2 Å². The minimum atomic E-state index is -0.337. The molecule has 0 saturated carbocycles. The molecule has 3 heterocycles. The molecule has 6 rings (SSSR count). The summed E-state index contributed by atoms with van der Waals surface area (Å²) in [6.07, 6.45) is 7.75. The average molecular weight is 839 g/mol. The van der Waals surface area contributed by atoms with Crippen molar-refractivity contribution in [3.63, 3.8) is 0 Å². The van der Waals surface area contributed by atoms with Crippen molar-refractivity contribution in [2.24, 2.45) is 16.7 Å². The van der Waals surface area contributed by atoms with Crippen molar-refractivity contribution in [3.05, 3.63) is 90.3 Å². The van der Waals surface area contributed by atoms with E-state index in [4.69, 9.17) is 9.40 Å². The molecule has 0 atom stereocenters. The molecule has 3 aromatic carbocycles. The van der Waals surface area contributed by atoms with Crippen LogP contribution in [0.1, 0.15) is 86.6 Å². The number of rotatable bonds is 10. The van der Waals surface area contributed by atoms with E-state index in [2.05, 4.69) is 62.4 Å². The molecule has 1 N–H and O–H groups in total. The van der Waals surface area contributed by atoms with Gasteiger partial charge in [-0.1, -0.05) is 103 Å². The molecule has 6 aromatic rings. The summed E-state index contributed by atoms with van der Waals surface area (Å²) in [5.74, 6) is 0.907. The van der Waals surface area contributed by atoms with Crippen LogP contribution in [0.25, 0.3) is 53.4 Å². The Labute approximate surface area is 303 Å². The average Bonchev–Trinajstić information content (AvgIpc) is 3.67. The fourth-order valence-corrected chi connectivity index (χ4v) is 7.43. The minimum absolute atomic E-state index is 0. The maximum absolute atomic E-state index is 12.2. The second-order valence-electron chi connectivity index (χ2n) is 13.7. The Morgan fingerprint density at radius 2 is 1.52 bits per heavy atom. The molecule has 0 aliphatic rings. The van der Waals surface area contributed by atoms with Crippen LogP contribution >= 0.6 is 11.3 Å². The molecule has 0 bridgehead atoms. The van der Waals surface area contributed by atoms with E-state index in [1.54, 1.807) is 0 Å². The molecule has 0 fully saturated rings. The van der Waals surface area contributed by atoms with E-state index < -0.39 is 0 Å². The van der Waals surface area contributed by atoms with Crippen molar-refractivity contribution in [1.29, 1.82) is 0 Å². The second-order valence-corrected chi connectivity index (χ2v) is 14.7. The maximum atomic E-state index is 12.2. The molecule has 0 spiro atoms. The van der Waals surface area contributed by atoms with Crippen molar-refractivity contribution in [3.8, 4) is 11.3 Å². The van der Waals surface area contributed by atoms with Gasteiger partial charge >= 0.3 is 0 Å². The van der Waals surface area contributed by atoms with E-state index in [0.717, 1.165) is 65.3 Å². The summed E-state index contributed by atoms with van der Waals surface area (Å²) in [6, 6.07) is 24.5. The number of carbonyl (C=O) groups excluding carboxylic acids is 1.